The van der Waals surface area contributed by atoms with Crippen LogP contribution in [0.25, 0.3) is 0 Å². The van der Waals surface area contributed by atoms with E-state index in [0.717, 1.165) is 11.3 Å². The van der Waals surface area contributed by atoms with E-state index >= 15 is 0 Å². The van der Waals surface area contributed by atoms with Crippen LogP contribution in [-0.4, -0.2) is 37.4 Å². The van der Waals surface area contributed by atoms with Gasteiger partial charge in [0.1, 0.15) is 4.21 Å². The lowest BCUT2D eigenvalue weighted by Crippen LogP contribution is -2.53. The number of aliphatic hydroxyl groups is 2. The molecule has 0 fully saturated rings. The highest BCUT2D eigenvalue weighted by Crippen LogP contribution is 2.28. The van der Waals surface area contributed by atoms with Crippen LogP contribution in [0.1, 0.15) is 13.3 Å². The Morgan fingerprint density at radius 3 is 2.41 bits per heavy atom. The summed E-state index contributed by atoms with van der Waals surface area (Å²) < 4.78 is 27.1. The van der Waals surface area contributed by atoms with Gasteiger partial charge in [-0.1, -0.05) is 6.92 Å². The van der Waals surface area contributed by atoms with Crippen molar-refractivity contribution in [1.29, 1.82) is 0 Å². The molecule has 0 bridgehead atoms. The third-order valence-corrected chi connectivity index (χ3v) is 6.71. The van der Waals surface area contributed by atoms with E-state index in [2.05, 4.69) is 20.7 Å². The lowest BCUT2D eigenvalue weighted by atomic mass is 10.0. The van der Waals surface area contributed by atoms with Gasteiger partial charge in [-0.05, 0) is 33.8 Å². The topological polar surface area (TPSA) is 86.6 Å². The van der Waals surface area contributed by atoms with Crippen LogP contribution in [-0.2, 0) is 10.0 Å². The molecule has 0 atom stereocenters. The number of nitrogens with one attached hydrogen (secondary N) is 1. The molecular formula is C9H14BrNO4S2. The summed E-state index contributed by atoms with van der Waals surface area (Å²) in [4.78, 5) is 0. The van der Waals surface area contributed by atoms with Gasteiger partial charge in [0.25, 0.3) is 10.0 Å². The second kappa shape index (κ2) is 5.77. The molecule has 0 spiro atoms. The van der Waals surface area contributed by atoms with E-state index in [-0.39, 0.29) is 4.21 Å². The van der Waals surface area contributed by atoms with Gasteiger partial charge in [0, 0.05) is 4.47 Å². The van der Waals surface area contributed by atoms with Crippen molar-refractivity contribution in [3.05, 3.63) is 15.9 Å². The Morgan fingerprint density at radius 1 is 1.47 bits per heavy atom. The molecule has 0 saturated heterocycles. The zero-order valence-corrected chi connectivity index (χ0v) is 12.4. The maximum atomic E-state index is 12.1. The lowest BCUT2D eigenvalue weighted by Gasteiger charge is -2.28. The van der Waals surface area contributed by atoms with Gasteiger partial charge >= 0.3 is 0 Å². The summed E-state index contributed by atoms with van der Waals surface area (Å²) in [6, 6.07) is 1.63. The maximum Gasteiger partial charge on any atom is 0.251 e. The number of rotatable bonds is 6. The summed E-state index contributed by atoms with van der Waals surface area (Å²) in [5, 5.41) is 20.1. The molecule has 5 nitrogen and oxygen atoms in total. The van der Waals surface area contributed by atoms with Gasteiger partial charge in [0.05, 0.1) is 18.8 Å². The molecule has 0 saturated carbocycles. The first-order valence-electron chi connectivity index (χ1n) is 4.89. The van der Waals surface area contributed by atoms with E-state index in [1.807, 2.05) is 0 Å². The predicted molar refractivity (Wildman–Crippen MR) is 69.5 cm³/mol. The summed E-state index contributed by atoms with van der Waals surface area (Å²) in [7, 11) is -3.74. The molecule has 1 aromatic rings. The Balaban J connectivity index is 3.05. The summed E-state index contributed by atoms with van der Waals surface area (Å²) in [6.45, 7) is 0.781. The molecule has 1 aromatic heterocycles. The van der Waals surface area contributed by atoms with E-state index in [9.17, 15) is 18.6 Å². The van der Waals surface area contributed by atoms with Crippen LogP contribution in [0.15, 0.2) is 20.1 Å². The van der Waals surface area contributed by atoms with Crippen molar-refractivity contribution in [2.75, 3.05) is 13.2 Å². The molecule has 3 N–H and O–H groups in total. The molecule has 1 rings (SSSR count). The minimum atomic E-state index is -3.74. The molecule has 17 heavy (non-hydrogen) atoms. The Kier molecular flexibility index (Phi) is 5.11. The highest BCUT2D eigenvalue weighted by molar-refractivity contribution is 9.10. The average molecular weight is 344 g/mol. The molecule has 0 aromatic carbocycles. The standard InChI is InChI=1S/C9H14BrNO4S2/c1-2-9(5-12,6-13)11-17(14,15)8-7(10)3-4-16-8/h3-4,11-13H,2,5-6H2,1H3. The van der Waals surface area contributed by atoms with Crippen molar-refractivity contribution in [2.24, 2.45) is 0 Å². The first-order chi connectivity index (χ1) is 7.90. The predicted octanol–water partition coefficient (Wildman–Crippen LogP) is 0.922. The van der Waals surface area contributed by atoms with Gasteiger partial charge in [-0.25, -0.2) is 8.42 Å². The molecule has 0 aliphatic rings. The minimum Gasteiger partial charge on any atom is -0.394 e. The van der Waals surface area contributed by atoms with Crippen LogP contribution in [0.4, 0.5) is 0 Å². The van der Waals surface area contributed by atoms with E-state index in [1.54, 1.807) is 18.4 Å². The summed E-state index contributed by atoms with van der Waals surface area (Å²) in [5.41, 5.74) is -1.22. The van der Waals surface area contributed by atoms with Gasteiger partial charge in [-0.2, -0.15) is 4.72 Å². The lowest BCUT2D eigenvalue weighted by molar-refractivity contribution is 0.105. The van der Waals surface area contributed by atoms with Crippen LogP contribution in [0.5, 0.6) is 0 Å². The number of aliphatic hydroxyl groups excluding tert-OH is 2. The SMILES string of the molecule is CCC(CO)(CO)NS(=O)(=O)c1sccc1Br. The molecule has 98 valence electrons. The van der Waals surface area contributed by atoms with Crippen molar-refractivity contribution in [3.63, 3.8) is 0 Å². The highest BCUT2D eigenvalue weighted by Gasteiger charge is 2.33. The van der Waals surface area contributed by atoms with Crippen molar-refractivity contribution < 1.29 is 18.6 Å². The Morgan fingerprint density at radius 2 is 2.06 bits per heavy atom. The Hall–Kier alpha value is 0.01000. The van der Waals surface area contributed by atoms with E-state index in [4.69, 9.17) is 0 Å². The second-order valence-electron chi connectivity index (χ2n) is 3.61. The number of thiophene rings is 1. The van der Waals surface area contributed by atoms with Crippen LogP contribution in [0.3, 0.4) is 0 Å². The smallest absolute Gasteiger partial charge is 0.251 e. The number of sulfonamides is 1. The largest absolute Gasteiger partial charge is 0.394 e. The number of hydrogen-bond donors (Lipinski definition) is 3. The third kappa shape index (κ3) is 3.27. The molecule has 8 heteroatoms. The normalized spacial score (nSPS) is 12.9. The minimum absolute atomic E-state index is 0.136. The fourth-order valence-electron chi connectivity index (χ4n) is 1.21. The quantitative estimate of drug-likeness (QED) is 0.716. The van der Waals surface area contributed by atoms with Gasteiger partial charge < -0.3 is 10.2 Å². The first-order valence-corrected chi connectivity index (χ1v) is 8.05. The molecule has 0 radical (unpaired) electrons. The average Bonchev–Trinajstić information content (AvgIpc) is 2.73. The second-order valence-corrected chi connectivity index (χ2v) is 7.26. The zero-order valence-electron chi connectivity index (χ0n) is 9.18. The molecule has 1 heterocycles. The van der Waals surface area contributed by atoms with Gasteiger partial charge in [-0.15, -0.1) is 11.3 Å². The van der Waals surface area contributed by atoms with E-state index in [0.29, 0.717) is 10.9 Å². The molecule has 0 aliphatic heterocycles. The van der Waals surface area contributed by atoms with Crippen LogP contribution >= 0.6 is 27.3 Å². The Labute approximate surface area is 113 Å². The molecule has 0 unspecified atom stereocenters. The molecule has 0 amide bonds. The number of halogens is 1. The van der Waals surface area contributed by atoms with Crippen molar-refractivity contribution in [3.8, 4) is 0 Å². The van der Waals surface area contributed by atoms with Crippen LogP contribution in [0, 0.1) is 0 Å². The fourth-order valence-corrected chi connectivity index (χ4v) is 5.01. The van der Waals surface area contributed by atoms with Gasteiger partial charge in [0.2, 0.25) is 0 Å². The fraction of sp³-hybridized carbons (Fsp3) is 0.556. The maximum absolute atomic E-state index is 12.1. The van der Waals surface area contributed by atoms with E-state index < -0.39 is 28.8 Å². The summed E-state index contributed by atoms with van der Waals surface area (Å²) >= 11 is 4.21. The third-order valence-electron chi connectivity index (χ3n) is 2.46. The van der Waals surface area contributed by atoms with Crippen molar-refractivity contribution in [1.82, 2.24) is 4.72 Å². The molecule has 0 aliphatic carbocycles. The molecular weight excluding hydrogens is 330 g/mol. The van der Waals surface area contributed by atoms with Crippen molar-refractivity contribution >= 4 is 37.3 Å². The monoisotopic (exact) mass is 343 g/mol. The number of hydrogen-bond acceptors (Lipinski definition) is 5. The summed E-state index contributed by atoms with van der Waals surface area (Å²) in [5.74, 6) is 0. The van der Waals surface area contributed by atoms with Gasteiger partial charge in [0.15, 0.2) is 0 Å². The summed E-state index contributed by atoms with van der Waals surface area (Å²) in [6.07, 6.45) is 0.294. The zero-order chi connectivity index (χ0) is 13.1. The van der Waals surface area contributed by atoms with Crippen LogP contribution in [0.2, 0.25) is 0 Å². The van der Waals surface area contributed by atoms with Crippen molar-refractivity contribution in [2.45, 2.75) is 23.1 Å². The van der Waals surface area contributed by atoms with E-state index in [1.165, 1.54) is 0 Å². The van der Waals surface area contributed by atoms with Crippen LogP contribution < -0.4 is 4.72 Å². The first kappa shape index (κ1) is 15.1. The Bertz CT molecular complexity index is 459. The highest BCUT2D eigenvalue weighted by atomic mass is 79.9. The van der Waals surface area contributed by atoms with Gasteiger partial charge in [-0.3, -0.25) is 0 Å².